The van der Waals surface area contributed by atoms with Crippen LogP contribution < -0.4 is 16.9 Å². The summed E-state index contributed by atoms with van der Waals surface area (Å²) in [7, 11) is 0. The molecule has 0 saturated heterocycles. The number of aliphatic hydroxyl groups is 1. The van der Waals surface area contributed by atoms with Gasteiger partial charge in [-0.1, -0.05) is 13.8 Å². The highest BCUT2D eigenvalue weighted by Crippen LogP contribution is 2.68. The van der Waals surface area contributed by atoms with Gasteiger partial charge in [-0.25, -0.2) is 0 Å². The lowest BCUT2D eigenvalue weighted by molar-refractivity contribution is -0.207. The quantitative estimate of drug-likeness (QED) is 0.214. The number of hydrogen-bond donors (Lipinski definition) is 4. The molecule has 0 aromatic rings. The third-order valence-electron chi connectivity index (χ3n) is 10.0. The Hall–Kier alpha value is -0.760. The number of hydrogen-bond acceptors (Lipinski definition) is 5. The summed E-state index contributed by atoms with van der Waals surface area (Å²) in [4.78, 5) is 0. The number of thiocarbonyl (C=S) groups is 1. The maximum absolute atomic E-state index is 12.2. The first-order chi connectivity index (χ1) is 14.7. The number of nitrogens with zero attached hydrogens (tertiary/aromatic N) is 1. The van der Waals surface area contributed by atoms with Crippen molar-refractivity contribution in [2.45, 2.75) is 89.8 Å². The molecule has 0 aliphatic heterocycles. The minimum Gasteiger partial charge on any atom is -0.389 e. The molecule has 0 bridgehead atoms. The molecule has 6 nitrogen and oxygen atoms in total. The summed E-state index contributed by atoms with van der Waals surface area (Å²) in [5.41, 5.74) is 13.5. The second kappa shape index (κ2) is 8.88. The summed E-state index contributed by atoms with van der Waals surface area (Å²) >= 11 is 4.87. The lowest BCUT2D eigenvalue weighted by atomic mass is 9.43. The van der Waals surface area contributed by atoms with E-state index in [0.717, 1.165) is 45.1 Å². The molecule has 4 saturated carbocycles. The second-order valence-electron chi connectivity index (χ2n) is 11.2. The highest BCUT2D eigenvalue weighted by atomic mass is 32.1. The number of ether oxygens (including phenoxy) is 1. The van der Waals surface area contributed by atoms with Crippen LogP contribution in [0.5, 0.6) is 0 Å². The molecule has 8 atom stereocenters. The minimum absolute atomic E-state index is 0.124. The average Bonchev–Trinajstić information content (AvgIpc) is 2.99. The first-order valence-electron chi connectivity index (χ1n) is 12.4. The third-order valence-corrected chi connectivity index (χ3v) is 10.1. The fourth-order valence-electron chi connectivity index (χ4n) is 8.14. The van der Waals surface area contributed by atoms with Crippen molar-refractivity contribution in [3.8, 4) is 0 Å². The van der Waals surface area contributed by atoms with Crippen LogP contribution in [-0.2, 0) is 4.74 Å². The average molecular weight is 451 g/mol. The van der Waals surface area contributed by atoms with E-state index in [0.29, 0.717) is 35.8 Å². The Bertz CT molecular complexity index is 705. The van der Waals surface area contributed by atoms with Gasteiger partial charge in [0.1, 0.15) is 0 Å². The Labute approximate surface area is 192 Å². The topological polar surface area (TPSA) is 106 Å². The number of hydrazone groups is 1. The van der Waals surface area contributed by atoms with Gasteiger partial charge in [0.05, 0.1) is 11.7 Å². The monoisotopic (exact) mass is 450 g/mol. The number of nitrogens with two attached hydrogens (primary N) is 2. The largest absolute Gasteiger partial charge is 0.389 e. The third kappa shape index (κ3) is 3.94. The molecule has 0 heterocycles. The lowest BCUT2D eigenvalue weighted by Gasteiger charge is -2.63. The van der Waals surface area contributed by atoms with E-state index in [4.69, 9.17) is 28.4 Å². The maximum atomic E-state index is 12.2. The highest BCUT2D eigenvalue weighted by molar-refractivity contribution is 7.80. The second-order valence-corrected chi connectivity index (χ2v) is 11.6. The van der Waals surface area contributed by atoms with Gasteiger partial charge in [-0.2, -0.15) is 5.10 Å². The molecule has 0 aromatic heterocycles. The standard InChI is InChI=1S/C24H42N4O2S/c1-22-9-7-18(30-13-3-12-25)14-16(22)4-5-20-19(22)8-10-23(2)17(6-11-24(20,23)29)15-27-28-21(26)31/h15-20,29H,3-14,25H2,1-2H3,(H3,26,28,31)/b27-15+/t16-,17-,18+,19+,20-,22+,23-,24+/m1/s1. The summed E-state index contributed by atoms with van der Waals surface area (Å²) in [6.07, 6.45) is 13.3. The predicted octanol–water partition coefficient (Wildman–Crippen LogP) is 3.31. The van der Waals surface area contributed by atoms with E-state index in [-0.39, 0.29) is 16.4 Å². The molecule has 176 valence electrons. The highest BCUT2D eigenvalue weighted by Gasteiger charge is 2.66. The fraction of sp³-hybridized carbons (Fsp3) is 0.917. The van der Waals surface area contributed by atoms with Crippen LogP contribution >= 0.6 is 12.2 Å². The van der Waals surface area contributed by atoms with Crippen LogP contribution in [0.15, 0.2) is 5.10 Å². The first-order valence-corrected chi connectivity index (χ1v) is 12.8. The van der Waals surface area contributed by atoms with Crippen molar-refractivity contribution in [2.75, 3.05) is 13.2 Å². The van der Waals surface area contributed by atoms with Crippen molar-refractivity contribution < 1.29 is 9.84 Å². The molecular formula is C24H42N4O2S. The zero-order valence-corrected chi connectivity index (χ0v) is 20.1. The van der Waals surface area contributed by atoms with Gasteiger partial charge in [-0.05, 0) is 106 Å². The molecule has 4 aliphatic rings. The van der Waals surface area contributed by atoms with Gasteiger partial charge in [0.15, 0.2) is 5.11 Å². The molecule has 0 amide bonds. The summed E-state index contributed by atoms with van der Waals surface area (Å²) in [6.45, 7) is 6.32. The van der Waals surface area contributed by atoms with Gasteiger partial charge in [-0.3, -0.25) is 5.43 Å². The molecule has 31 heavy (non-hydrogen) atoms. The van der Waals surface area contributed by atoms with Crippen LogP contribution in [0, 0.1) is 34.5 Å². The van der Waals surface area contributed by atoms with E-state index >= 15 is 0 Å². The van der Waals surface area contributed by atoms with Crippen LogP contribution in [0.1, 0.15) is 78.1 Å². The van der Waals surface area contributed by atoms with Crippen molar-refractivity contribution in [3.63, 3.8) is 0 Å². The molecule has 7 heteroatoms. The van der Waals surface area contributed by atoms with Gasteiger partial charge < -0.3 is 21.3 Å². The summed E-state index contributed by atoms with van der Waals surface area (Å²) < 4.78 is 6.16. The van der Waals surface area contributed by atoms with Crippen LogP contribution in [0.4, 0.5) is 0 Å². The summed E-state index contributed by atoms with van der Waals surface area (Å²) in [6, 6.07) is 0. The molecule has 6 N–H and O–H groups in total. The van der Waals surface area contributed by atoms with E-state index in [1.54, 1.807) is 0 Å². The molecule has 4 rings (SSSR count). The van der Waals surface area contributed by atoms with Gasteiger partial charge >= 0.3 is 0 Å². The van der Waals surface area contributed by atoms with E-state index in [1.165, 1.54) is 25.7 Å². The molecule has 4 aliphatic carbocycles. The van der Waals surface area contributed by atoms with Crippen LogP contribution in [0.2, 0.25) is 0 Å². The first kappa shape index (κ1) is 23.4. The summed E-state index contributed by atoms with van der Waals surface area (Å²) in [5.74, 6) is 1.98. The Kier molecular flexibility index (Phi) is 6.70. The molecule has 0 aromatic carbocycles. The molecular weight excluding hydrogens is 408 g/mol. The maximum Gasteiger partial charge on any atom is 0.184 e. The lowest BCUT2D eigenvalue weighted by Crippen LogP contribution is -2.62. The van der Waals surface area contributed by atoms with Gasteiger partial charge in [-0.15, -0.1) is 0 Å². The van der Waals surface area contributed by atoms with Crippen molar-refractivity contribution in [1.29, 1.82) is 0 Å². The van der Waals surface area contributed by atoms with E-state index in [9.17, 15) is 5.11 Å². The predicted molar refractivity (Wildman–Crippen MR) is 129 cm³/mol. The fourth-order valence-corrected chi connectivity index (χ4v) is 8.19. The normalized spacial score (nSPS) is 46.9. The van der Waals surface area contributed by atoms with Crippen LogP contribution in [0.3, 0.4) is 0 Å². The smallest absolute Gasteiger partial charge is 0.184 e. The van der Waals surface area contributed by atoms with Gasteiger partial charge in [0, 0.05) is 24.2 Å². The zero-order valence-electron chi connectivity index (χ0n) is 19.3. The molecule has 4 fully saturated rings. The van der Waals surface area contributed by atoms with Crippen LogP contribution in [-0.4, -0.2) is 41.3 Å². The SMILES string of the molecule is C[C@]12CC[C@H](OCCCN)C[C@H]1CC[C@@H]1[C@@H]2CC[C@]2(C)[C@@H](/C=N/NC(N)=S)CC[C@]12O. The van der Waals surface area contributed by atoms with Gasteiger partial charge in [0.2, 0.25) is 0 Å². The Morgan fingerprint density at radius 2 is 1.97 bits per heavy atom. The number of fused-ring (bicyclic) bond motifs is 5. The number of nitrogens with one attached hydrogen (secondary N) is 1. The van der Waals surface area contributed by atoms with Crippen LogP contribution in [0.25, 0.3) is 0 Å². The van der Waals surface area contributed by atoms with Crippen molar-refractivity contribution in [3.05, 3.63) is 0 Å². The molecule has 0 spiro atoms. The van der Waals surface area contributed by atoms with E-state index in [1.807, 2.05) is 6.21 Å². The van der Waals surface area contributed by atoms with Crippen molar-refractivity contribution in [2.24, 2.45) is 51.1 Å². The van der Waals surface area contributed by atoms with E-state index < -0.39 is 5.60 Å². The molecule has 0 unspecified atom stereocenters. The Morgan fingerprint density at radius 3 is 2.71 bits per heavy atom. The Morgan fingerprint density at radius 1 is 1.16 bits per heavy atom. The Balaban J connectivity index is 1.48. The molecule has 0 radical (unpaired) electrons. The summed E-state index contributed by atoms with van der Waals surface area (Å²) in [5, 5.41) is 16.6. The zero-order chi connectivity index (χ0) is 22.3. The minimum atomic E-state index is -0.599. The number of rotatable bonds is 6. The van der Waals surface area contributed by atoms with Gasteiger partial charge in [0.25, 0.3) is 0 Å². The van der Waals surface area contributed by atoms with Crippen molar-refractivity contribution in [1.82, 2.24) is 5.43 Å². The van der Waals surface area contributed by atoms with E-state index in [2.05, 4.69) is 24.4 Å². The van der Waals surface area contributed by atoms with Crippen molar-refractivity contribution >= 4 is 23.5 Å².